The number of amides is 1. The van der Waals surface area contributed by atoms with Gasteiger partial charge in [-0.15, -0.1) is 0 Å². The molecule has 2 saturated carbocycles. The van der Waals surface area contributed by atoms with Gasteiger partial charge in [0, 0.05) is 42.6 Å². The molecule has 1 amide bonds. The third-order valence-corrected chi connectivity index (χ3v) is 8.30. The third-order valence-electron chi connectivity index (χ3n) is 8.30. The number of aliphatic hydroxyl groups is 2. The Kier molecular flexibility index (Phi) is 6.29. The van der Waals surface area contributed by atoms with Crippen molar-refractivity contribution < 1.29 is 15.0 Å². The summed E-state index contributed by atoms with van der Waals surface area (Å²) in [6.07, 6.45) is 9.03. The quantitative estimate of drug-likeness (QED) is 0.716. The van der Waals surface area contributed by atoms with Crippen LogP contribution in [0.2, 0.25) is 0 Å². The van der Waals surface area contributed by atoms with Crippen molar-refractivity contribution in [3.8, 4) is 11.8 Å². The first-order valence-electron chi connectivity index (χ1n) is 12.6. The van der Waals surface area contributed by atoms with E-state index in [-0.39, 0.29) is 30.5 Å². The Balaban J connectivity index is 1.32. The van der Waals surface area contributed by atoms with Crippen LogP contribution in [0, 0.1) is 17.8 Å². The number of hydrogen-bond donors (Lipinski definition) is 2. The monoisotopic (exact) mass is 436 g/mol. The number of carbonyl (C=O) groups is 1. The first-order valence-corrected chi connectivity index (χ1v) is 12.6. The summed E-state index contributed by atoms with van der Waals surface area (Å²) in [5, 5.41) is 20.6. The molecule has 2 heterocycles. The number of hydrogen-bond acceptors (Lipinski definition) is 4. The summed E-state index contributed by atoms with van der Waals surface area (Å²) in [6.45, 7) is 2.78. The van der Waals surface area contributed by atoms with Crippen molar-refractivity contribution in [1.82, 2.24) is 9.80 Å². The van der Waals surface area contributed by atoms with Gasteiger partial charge in [-0.25, -0.2) is 0 Å². The molecule has 4 fully saturated rings. The molecule has 1 aromatic rings. The predicted molar refractivity (Wildman–Crippen MR) is 124 cm³/mol. The van der Waals surface area contributed by atoms with Crippen LogP contribution in [0.3, 0.4) is 0 Å². The van der Waals surface area contributed by atoms with Gasteiger partial charge in [-0.2, -0.15) is 0 Å². The van der Waals surface area contributed by atoms with E-state index in [1.807, 2.05) is 12.1 Å². The maximum atomic E-state index is 13.0. The van der Waals surface area contributed by atoms with Crippen molar-refractivity contribution >= 4 is 5.91 Å². The predicted octanol–water partition coefficient (Wildman–Crippen LogP) is 2.89. The molecule has 5 rings (SSSR count). The Hall–Kier alpha value is -1.87. The number of fused-ring (bicyclic) bond motifs is 1. The Morgan fingerprint density at radius 1 is 1.03 bits per heavy atom. The molecule has 3 atom stereocenters. The lowest BCUT2D eigenvalue weighted by Crippen LogP contribution is -2.68. The summed E-state index contributed by atoms with van der Waals surface area (Å²) < 4.78 is 0. The van der Waals surface area contributed by atoms with Crippen LogP contribution in [0.1, 0.15) is 74.8 Å². The van der Waals surface area contributed by atoms with E-state index >= 15 is 0 Å². The highest BCUT2D eigenvalue weighted by molar-refractivity contribution is 5.79. The van der Waals surface area contributed by atoms with Crippen LogP contribution in [0.15, 0.2) is 24.3 Å². The Morgan fingerprint density at radius 2 is 1.75 bits per heavy atom. The minimum absolute atomic E-state index is 0.120. The molecule has 2 saturated heterocycles. The summed E-state index contributed by atoms with van der Waals surface area (Å²) in [6, 6.07) is 8.73. The lowest BCUT2D eigenvalue weighted by Gasteiger charge is -2.57. The molecule has 32 heavy (non-hydrogen) atoms. The minimum atomic E-state index is -0.815. The van der Waals surface area contributed by atoms with Gasteiger partial charge in [-0.05, 0) is 75.6 Å². The van der Waals surface area contributed by atoms with Gasteiger partial charge in [-0.3, -0.25) is 9.69 Å². The van der Waals surface area contributed by atoms with Crippen LogP contribution in [0.25, 0.3) is 0 Å². The number of nitrogens with zero attached hydrogens (tertiary/aromatic N) is 2. The average molecular weight is 437 g/mol. The smallest absolute Gasteiger partial charge is 0.225 e. The van der Waals surface area contributed by atoms with E-state index in [1.54, 1.807) is 0 Å². The maximum Gasteiger partial charge on any atom is 0.225 e. The molecule has 5 nitrogen and oxygen atoms in total. The first-order chi connectivity index (χ1) is 15.6. The molecule has 0 bridgehead atoms. The van der Waals surface area contributed by atoms with Crippen molar-refractivity contribution in [2.24, 2.45) is 5.92 Å². The van der Waals surface area contributed by atoms with Gasteiger partial charge in [0.2, 0.25) is 5.91 Å². The average Bonchev–Trinajstić information content (AvgIpc) is 3.17. The number of aliphatic hydroxyl groups excluding tert-OH is 1. The van der Waals surface area contributed by atoms with Crippen molar-refractivity contribution in [2.45, 2.75) is 81.4 Å². The molecule has 172 valence electrons. The van der Waals surface area contributed by atoms with E-state index in [0.717, 1.165) is 76.6 Å². The van der Waals surface area contributed by atoms with Crippen molar-refractivity contribution in [3.05, 3.63) is 35.4 Å². The fourth-order valence-corrected chi connectivity index (χ4v) is 6.12. The van der Waals surface area contributed by atoms with E-state index in [2.05, 4.69) is 33.8 Å². The molecule has 2 N–H and O–H groups in total. The van der Waals surface area contributed by atoms with Gasteiger partial charge in [0.05, 0.1) is 6.61 Å². The Labute approximate surface area is 191 Å². The molecule has 2 aliphatic carbocycles. The van der Waals surface area contributed by atoms with Crippen LogP contribution >= 0.6 is 0 Å². The first kappa shape index (κ1) is 21.9. The van der Waals surface area contributed by atoms with E-state index < -0.39 is 5.60 Å². The Morgan fingerprint density at radius 3 is 2.41 bits per heavy atom. The SMILES string of the molecule is O=C(C1CCC1)N1CCCCN2[C@H](C1)[C@@H](c1ccc(C#CC3(O)CCCC3)cc1)[C@@H]2CO. The van der Waals surface area contributed by atoms with Crippen molar-refractivity contribution in [1.29, 1.82) is 0 Å². The summed E-state index contributed by atoms with van der Waals surface area (Å²) in [5.41, 5.74) is 1.32. The molecule has 0 unspecified atom stereocenters. The van der Waals surface area contributed by atoms with Gasteiger partial charge >= 0.3 is 0 Å². The van der Waals surface area contributed by atoms with E-state index in [1.165, 1.54) is 12.0 Å². The minimum Gasteiger partial charge on any atom is -0.395 e. The van der Waals surface area contributed by atoms with E-state index in [0.29, 0.717) is 5.91 Å². The van der Waals surface area contributed by atoms with Gasteiger partial charge in [0.15, 0.2) is 0 Å². The molecular weight excluding hydrogens is 400 g/mol. The zero-order valence-corrected chi connectivity index (χ0v) is 19.0. The number of carbonyl (C=O) groups excluding carboxylic acids is 1. The van der Waals surface area contributed by atoms with Gasteiger partial charge in [0.1, 0.15) is 5.60 Å². The zero-order chi connectivity index (χ0) is 22.1. The molecule has 1 aromatic carbocycles. The van der Waals surface area contributed by atoms with Gasteiger partial charge in [0.25, 0.3) is 0 Å². The van der Waals surface area contributed by atoms with E-state index in [9.17, 15) is 15.0 Å². The topological polar surface area (TPSA) is 64.0 Å². The summed E-state index contributed by atoms with van der Waals surface area (Å²) in [4.78, 5) is 17.5. The normalized spacial score (nSPS) is 30.2. The number of benzene rings is 1. The molecule has 2 aliphatic heterocycles. The molecule has 5 heteroatoms. The highest BCUT2D eigenvalue weighted by atomic mass is 16.3. The second kappa shape index (κ2) is 9.17. The summed E-state index contributed by atoms with van der Waals surface area (Å²) >= 11 is 0. The Bertz CT molecular complexity index is 876. The van der Waals surface area contributed by atoms with Crippen molar-refractivity contribution in [3.63, 3.8) is 0 Å². The zero-order valence-electron chi connectivity index (χ0n) is 19.0. The summed E-state index contributed by atoms with van der Waals surface area (Å²) in [7, 11) is 0. The summed E-state index contributed by atoms with van der Waals surface area (Å²) in [5.74, 6) is 7.07. The molecule has 0 radical (unpaired) electrons. The van der Waals surface area contributed by atoms with Crippen molar-refractivity contribution in [2.75, 3.05) is 26.2 Å². The second-order valence-corrected chi connectivity index (χ2v) is 10.3. The van der Waals surface area contributed by atoms with Crippen LogP contribution in [0.5, 0.6) is 0 Å². The molecule has 0 aromatic heterocycles. The fourth-order valence-electron chi connectivity index (χ4n) is 6.12. The standard InChI is InChI=1S/C27H36N2O3/c30-19-24-25(21-10-8-20(9-11-21)12-15-27(32)13-1-2-14-27)23-18-28(16-3-4-17-29(23)24)26(31)22-6-5-7-22/h8-11,22-25,30,32H,1-7,13-14,16-19H2/t23-,24+,25-/m1/s1. The highest BCUT2D eigenvalue weighted by Gasteiger charge is 2.49. The van der Waals surface area contributed by atoms with Gasteiger partial charge in [-0.1, -0.05) is 30.4 Å². The van der Waals surface area contributed by atoms with Crippen LogP contribution < -0.4 is 0 Å². The second-order valence-electron chi connectivity index (χ2n) is 10.3. The van der Waals surface area contributed by atoms with Crippen LogP contribution in [0.4, 0.5) is 0 Å². The third kappa shape index (κ3) is 4.21. The van der Waals surface area contributed by atoms with E-state index in [4.69, 9.17) is 0 Å². The molecule has 0 spiro atoms. The lowest BCUT2D eigenvalue weighted by molar-refractivity contribution is -0.143. The van der Waals surface area contributed by atoms with Gasteiger partial charge < -0.3 is 15.1 Å². The fraction of sp³-hybridized carbons (Fsp3) is 0.667. The molecular formula is C27H36N2O3. The van der Waals surface area contributed by atoms with Crippen LogP contribution in [-0.2, 0) is 4.79 Å². The molecule has 4 aliphatic rings. The largest absolute Gasteiger partial charge is 0.395 e. The number of rotatable bonds is 3. The van der Waals surface area contributed by atoms with Crippen LogP contribution in [-0.4, -0.2) is 69.8 Å². The maximum absolute atomic E-state index is 13.0. The highest BCUT2D eigenvalue weighted by Crippen LogP contribution is 2.42. The lowest BCUT2D eigenvalue weighted by atomic mass is 9.74.